The number of piperidine rings is 1. The molecule has 3 heterocycles. The van der Waals surface area contributed by atoms with E-state index in [0.29, 0.717) is 12.6 Å². The van der Waals surface area contributed by atoms with Gasteiger partial charge in [-0.15, -0.1) is 11.3 Å². The van der Waals surface area contributed by atoms with Crippen LogP contribution in [-0.4, -0.2) is 50.6 Å². The van der Waals surface area contributed by atoms with Crippen LogP contribution in [0.15, 0.2) is 23.3 Å². The van der Waals surface area contributed by atoms with E-state index in [0.717, 1.165) is 43.1 Å². The minimum atomic E-state index is -0.486. The Hall–Kier alpha value is -1.57. The first-order valence-corrected chi connectivity index (χ1v) is 8.48. The van der Waals surface area contributed by atoms with Crippen molar-refractivity contribution < 1.29 is 5.11 Å². The van der Waals surface area contributed by atoms with Gasteiger partial charge in [-0.2, -0.15) is 0 Å². The first-order chi connectivity index (χ1) is 10.7. The van der Waals surface area contributed by atoms with E-state index in [-0.39, 0.29) is 0 Å². The summed E-state index contributed by atoms with van der Waals surface area (Å²) >= 11 is 1.52. The zero-order valence-corrected chi connectivity index (χ0v) is 13.5. The maximum atomic E-state index is 10.2. The molecular weight excluding hydrogens is 298 g/mol. The molecule has 22 heavy (non-hydrogen) atoms. The van der Waals surface area contributed by atoms with Crippen LogP contribution in [0.5, 0.6) is 0 Å². The van der Waals surface area contributed by atoms with Crippen LogP contribution in [0, 0.1) is 6.92 Å². The Morgan fingerprint density at radius 3 is 2.86 bits per heavy atom. The van der Waals surface area contributed by atoms with Crippen molar-refractivity contribution in [3.63, 3.8) is 0 Å². The van der Waals surface area contributed by atoms with Gasteiger partial charge in [0.25, 0.3) is 0 Å². The zero-order chi connectivity index (χ0) is 15.4. The van der Waals surface area contributed by atoms with Gasteiger partial charge in [0, 0.05) is 42.8 Å². The molecule has 0 saturated carbocycles. The van der Waals surface area contributed by atoms with Gasteiger partial charge in [-0.3, -0.25) is 0 Å². The van der Waals surface area contributed by atoms with E-state index in [1.165, 1.54) is 11.3 Å². The summed E-state index contributed by atoms with van der Waals surface area (Å²) in [6.45, 7) is 4.57. The molecule has 2 aromatic heterocycles. The van der Waals surface area contributed by atoms with Crippen molar-refractivity contribution >= 4 is 17.2 Å². The van der Waals surface area contributed by atoms with Crippen LogP contribution < -0.4 is 5.32 Å². The molecule has 0 spiro atoms. The highest BCUT2D eigenvalue weighted by molar-refractivity contribution is 7.07. The molecule has 0 aliphatic carbocycles. The normalized spacial score (nSPS) is 18.3. The summed E-state index contributed by atoms with van der Waals surface area (Å²) in [7, 11) is 0. The lowest BCUT2D eigenvalue weighted by Gasteiger charge is -2.33. The number of aromatic nitrogens is 3. The largest absolute Gasteiger partial charge is 0.385 e. The van der Waals surface area contributed by atoms with E-state index in [1.54, 1.807) is 11.8 Å². The van der Waals surface area contributed by atoms with Gasteiger partial charge in [0.15, 0.2) is 0 Å². The van der Waals surface area contributed by atoms with Gasteiger partial charge < -0.3 is 15.3 Å². The molecule has 7 heteroatoms. The number of anilines is 1. The highest BCUT2D eigenvalue weighted by Gasteiger charge is 2.22. The molecule has 3 rings (SSSR count). The quantitative estimate of drug-likeness (QED) is 0.876. The number of aliphatic hydroxyl groups is 1. The van der Waals surface area contributed by atoms with Gasteiger partial charge in [0.2, 0.25) is 0 Å². The van der Waals surface area contributed by atoms with Gasteiger partial charge in [-0.05, 0) is 19.8 Å². The topological polar surface area (TPSA) is 74.2 Å². The van der Waals surface area contributed by atoms with Gasteiger partial charge >= 0.3 is 0 Å². The molecule has 0 bridgehead atoms. The molecule has 1 atom stereocenters. The number of rotatable bonds is 5. The smallest absolute Gasteiger partial charge is 0.129 e. The van der Waals surface area contributed by atoms with E-state index in [1.807, 2.05) is 18.4 Å². The molecule has 0 aromatic carbocycles. The third-order valence-electron chi connectivity index (χ3n) is 3.97. The molecule has 6 nitrogen and oxygen atoms in total. The number of nitrogens with one attached hydrogen (secondary N) is 1. The summed E-state index contributed by atoms with van der Waals surface area (Å²) in [5.41, 5.74) is 3.52. The summed E-state index contributed by atoms with van der Waals surface area (Å²) < 4.78 is 0. The Morgan fingerprint density at radius 1 is 1.36 bits per heavy atom. The Balaban J connectivity index is 1.46. The number of thiazole rings is 1. The summed E-state index contributed by atoms with van der Waals surface area (Å²) in [5, 5.41) is 15.5. The number of aliphatic hydroxyl groups excluding tert-OH is 1. The number of hydrogen-bond acceptors (Lipinski definition) is 7. The Kier molecular flexibility index (Phi) is 4.97. The minimum Gasteiger partial charge on any atom is -0.385 e. The van der Waals surface area contributed by atoms with Crippen molar-refractivity contribution in [3.05, 3.63) is 34.7 Å². The summed E-state index contributed by atoms with van der Waals surface area (Å²) in [6.07, 6.45) is 3.21. The predicted molar refractivity (Wildman–Crippen MR) is 86.9 cm³/mol. The first-order valence-electron chi connectivity index (χ1n) is 7.54. The molecule has 2 aromatic rings. The maximum absolute atomic E-state index is 10.2. The third-order valence-corrected chi connectivity index (χ3v) is 4.57. The average molecular weight is 319 g/mol. The van der Waals surface area contributed by atoms with Crippen LogP contribution in [0.2, 0.25) is 0 Å². The summed E-state index contributed by atoms with van der Waals surface area (Å²) in [6, 6.07) is 2.40. The van der Waals surface area contributed by atoms with E-state index < -0.39 is 6.10 Å². The van der Waals surface area contributed by atoms with E-state index in [2.05, 4.69) is 25.2 Å². The predicted octanol–water partition coefficient (Wildman–Crippen LogP) is 1.85. The van der Waals surface area contributed by atoms with Crippen molar-refractivity contribution in [3.8, 4) is 0 Å². The standard InChI is InChI=1S/C15H21N5OS/c1-11-6-15(17-9-16-11)19-12-2-4-20(5-3-12)7-14(21)13-8-22-10-18-13/h6,8-10,12,14,21H,2-5,7H2,1H3,(H,16,17,19). The third kappa shape index (κ3) is 4.00. The van der Waals surface area contributed by atoms with E-state index in [9.17, 15) is 5.11 Å². The Morgan fingerprint density at radius 2 is 2.18 bits per heavy atom. The maximum Gasteiger partial charge on any atom is 0.129 e. The molecule has 1 saturated heterocycles. The second-order valence-electron chi connectivity index (χ2n) is 5.69. The molecule has 118 valence electrons. The number of hydrogen-bond donors (Lipinski definition) is 2. The number of aryl methyl sites for hydroxylation is 1. The second-order valence-corrected chi connectivity index (χ2v) is 6.41. The summed E-state index contributed by atoms with van der Waals surface area (Å²) in [4.78, 5) is 14.8. The van der Waals surface area contributed by atoms with Crippen LogP contribution in [0.1, 0.15) is 30.3 Å². The lowest BCUT2D eigenvalue weighted by molar-refractivity contribution is 0.0966. The van der Waals surface area contributed by atoms with Gasteiger partial charge in [-0.25, -0.2) is 15.0 Å². The molecule has 1 aliphatic heterocycles. The molecule has 1 aliphatic rings. The Bertz CT molecular complexity index is 583. The lowest BCUT2D eigenvalue weighted by Crippen LogP contribution is -2.41. The SMILES string of the molecule is Cc1cc(NC2CCN(CC(O)c3cscn3)CC2)ncn1. The van der Waals surface area contributed by atoms with Crippen LogP contribution in [0.4, 0.5) is 5.82 Å². The number of likely N-dealkylation sites (tertiary alicyclic amines) is 1. The van der Waals surface area contributed by atoms with Crippen molar-refractivity contribution in [2.24, 2.45) is 0 Å². The van der Waals surface area contributed by atoms with Crippen LogP contribution >= 0.6 is 11.3 Å². The molecule has 1 unspecified atom stereocenters. The first kappa shape index (κ1) is 15.3. The molecule has 1 fully saturated rings. The summed E-state index contributed by atoms with van der Waals surface area (Å²) in [5.74, 6) is 0.897. The molecule has 2 N–H and O–H groups in total. The monoisotopic (exact) mass is 319 g/mol. The van der Waals surface area contributed by atoms with Crippen LogP contribution in [-0.2, 0) is 0 Å². The van der Waals surface area contributed by atoms with Crippen LogP contribution in [0.25, 0.3) is 0 Å². The number of β-amino-alcohol motifs (C(OH)–C–C–N with tert-alkyl or cyclic N) is 1. The van der Waals surface area contributed by atoms with E-state index >= 15 is 0 Å². The highest BCUT2D eigenvalue weighted by atomic mass is 32.1. The fraction of sp³-hybridized carbons (Fsp3) is 0.533. The van der Waals surface area contributed by atoms with Crippen molar-refractivity contribution in [2.75, 3.05) is 25.0 Å². The van der Waals surface area contributed by atoms with Crippen LogP contribution in [0.3, 0.4) is 0 Å². The molecule has 0 radical (unpaired) electrons. The molecular formula is C15H21N5OS. The Labute approximate surface area is 134 Å². The zero-order valence-electron chi connectivity index (χ0n) is 12.6. The van der Waals surface area contributed by atoms with Gasteiger partial charge in [0.1, 0.15) is 18.2 Å². The van der Waals surface area contributed by atoms with Gasteiger partial charge in [0.05, 0.1) is 11.2 Å². The van der Waals surface area contributed by atoms with Crippen molar-refractivity contribution in [2.45, 2.75) is 31.9 Å². The van der Waals surface area contributed by atoms with E-state index in [4.69, 9.17) is 0 Å². The van der Waals surface area contributed by atoms with Crippen molar-refractivity contribution in [1.82, 2.24) is 19.9 Å². The molecule has 0 amide bonds. The average Bonchev–Trinajstić information content (AvgIpc) is 3.04. The lowest BCUT2D eigenvalue weighted by atomic mass is 10.0. The fourth-order valence-electron chi connectivity index (χ4n) is 2.73. The highest BCUT2D eigenvalue weighted by Crippen LogP contribution is 2.19. The van der Waals surface area contributed by atoms with Crippen molar-refractivity contribution in [1.29, 1.82) is 0 Å². The minimum absolute atomic E-state index is 0.432. The second kappa shape index (κ2) is 7.13. The van der Waals surface area contributed by atoms with Gasteiger partial charge in [-0.1, -0.05) is 0 Å². The fourth-order valence-corrected chi connectivity index (χ4v) is 3.33. The number of nitrogens with zero attached hydrogens (tertiary/aromatic N) is 4.